The van der Waals surface area contributed by atoms with Crippen LogP contribution in [0.15, 0.2) is 60.7 Å². The third kappa shape index (κ3) is 6.23. The number of carbonyl (C=O) groups is 1. The normalized spacial score (nSPS) is 16.1. The first-order valence-corrected chi connectivity index (χ1v) is 14.2. The molecule has 0 N–H and O–H groups in total. The molecule has 220 valence electrons. The van der Waals surface area contributed by atoms with E-state index in [0.717, 1.165) is 21.4 Å². The Morgan fingerprint density at radius 2 is 1.62 bits per heavy atom. The van der Waals surface area contributed by atoms with Gasteiger partial charge in [0.2, 0.25) is 5.75 Å². The Balaban J connectivity index is 1.42. The molecule has 8 nitrogen and oxygen atoms in total. The SMILES string of the molecule is COc1cc(OC)c(-c2cc3ccccc3s2)cc1C=CC(=O)c1cc(OC)c(OCC2COC(C)(C)O2)c(OC)c1. The molecule has 0 aliphatic carbocycles. The molecule has 1 saturated heterocycles. The van der Waals surface area contributed by atoms with Crippen molar-refractivity contribution in [3.05, 3.63) is 71.8 Å². The number of fused-ring (bicyclic) bond motifs is 1. The fraction of sp³-hybridized carbons (Fsp3) is 0.303. The van der Waals surface area contributed by atoms with Gasteiger partial charge in [0.25, 0.3) is 0 Å². The fourth-order valence-electron chi connectivity index (χ4n) is 4.81. The number of allylic oxidation sites excluding steroid dienone is 1. The van der Waals surface area contributed by atoms with Crippen molar-refractivity contribution in [2.45, 2.75) is 25.7 Å². The quantitative estimate of drug-likeness (QED) is 0.136. The summed E-state index contributed by atoms with van der Waals surface area (Å²) in [5.74, 6) is 1.51. The van der Waals surface area contributed by atoms with Crippen molar-refractivity contribution in [2.24, 2.45) is 0 Å². The molecule has 0 saturated carbocycles. The smallest absolute Gasteiger partial charge is 0.203 e. The van der Waals surface area contributed by atoms with Crippen LogP contribution in [0.3, 0.4) is 0 Å². The minimum absolute atomic E-state index is 0.239. The predicted octanol–water partition coefficient (Wildman–Crippen LogP) is 7.03. The fourth-order valence-corrected chi connectivity index (χ4v) is 5.89. The first-order chi connectivity index (χ1) is 20.2. The van der Waals surface area contributed by atoms with Gasteiger partial charge in [-0.2, -0.15) is 0 Å². The van der Waals surface area contributed by atoms with E-state index in [1.54, 1.807) is 43.8 Å². The Morgan fingerprint density at radius 1 is 0.929 bits per heavy atom. The highest BCUT2D eigenvalue weighted by Gasteiger charge is 2.33. The second kappa shape index (κ2) is 12.4. The highest BCUT2D eigenvalue weighted by molar-refractivity contribution is 7.22. The van der Waals surface area contributed by atoms with Crippen molar-refractivity contribution >= 4 is 33.3 Å². The summed E-state index contributed by atoms with van der Waals surface area (Å²) in [5, 5.41) is 1.16. The van der Waals surface area contributed by atoms with Crippen LogP contribution < -0.4 is 23.7 Å². The molecule has 1 aliphatic heterocycles. The summed E-state index contributed by atoms with van der Waals surface area (Å²) in [7, 11) is 6.25. The first kappa shape index (κ1) is 29.4. The zero-order chi connectivity index (χ0) is 29.9. The Hall–Kier alpha value is -4.05. The average molecular weight is 591 g/mol. The van der Waals surface area contributed by atoms with Gasteiger partial charge in [-0.05, 0) is 61.7 Å². The van der Waals surface area contributed by atoms with Crippen LogP contribution in [-0.4, -0.2) is 59.3 Å². The number of carbonyl (C=O) groups excluding carboxylic acids is 1. The van der Waals surface area contributed by atoms with E-state index in [2.05, 4.69) is 18.2 Å². The van der Waals surface area contributed by atoms with Crippen LogP contribution in [0.25, 0.3) is 26.6 Å². The van der Waals surface area contributed by atoms with Crippen molar-refractivity contribution < 1.29 is 38.0 Å². The van der Waals surface area contributed by atoms with E-state index >= 15 is 0 Å². The highest BCUT2D eigenvalue weighted by atomic mass is 32.1. The van der Waals surface area contributed by atoms with Crippen LogP contribution in [0, 0.1) is 0 Å². The molecule has 1 aromatic heterocycles. The van der Waals surface area contributed by atoms with E-state index in [1.165, 1.54) is 25.0 Å². The van der Waals surface area contributed by atoms with Crippen molar-refractivity contribution in [1.82, 2.24) is 0 Å². The van der Waals surface area contributed by atoms with Gasteiger partial charge in [0, 0.05) is 32.3 Å². The lowest BCUT2D eigenvalue weighted by molar-refractivity contribution is -0.141. The van der Waals surface area contributed by atoms with Crippen molar-refractivity contribution in [3.63, 3.8) is 0 Å². The van der Waals surface area contributed by atoms with E-state index in [0.29, 0.717) is 40.9 Å². The van der Waals surface area contributed by atoms with Crippen LogP contribution >= 0.6 is 11.3 Å². The molecular weight excluding hydrogens is 556 g/mol. The molecule has 0 spiro atoms. The van der Waals surface area contributed by atoms with Crippen LogP contribution in [0.1, 0.15) is 29.8 Å². The number of methoxy groups -OCH3 is 4. The maximum atomic E-state index is 13.4. The monoisotopic (exact) mass is 590 g/mol. The summed E-state index contributed by atoms with van der Waals surface area (Å²) in [6.07, 6.45) is 3.00. The lowest BCUT2D eigenvalue weighted by Crippen LogP contribution is -2.25. The zero-order valence-electron chi connectivity index (χ0n) is 24.5. The molecule has 0 radical (unpaired) electrons. The maximum Gasteiger partial charge on any atom is 0.203 e. The summed E-state index contributed by atoms with van der Waals surface area (Å²) in [5.41, 5.74) is 2.03. The maximum absolute atomic E-state index is 13.4. The van der Waals surface area contributed by atoms with Crippen molar-refractivity contribution in [1.29, 1.82) is 0 Å². The minimum Gasteiger partial charge on any atom is -0.496 e. The number of rotatable bonds is 11. The number of hydrogen-bond acceptors (Lipinski definition) is 9. The second-order valence-corrected chi connectivity index (χ2v) is 11.2. The standard InChI is InChI=1S/C33H34O8S/c1-33(2)40-19-23(41-33)18-39-32-28(37-5)14-22(15-29(32)38-6)25(34)12-11-20-13-24(27(36-4)17-26(20)35-3)31-16-21-9-7-8-10-30(21)42-31/h7-17,23H,18-19H2,1-6H3. The Labute approximate surface area is 249 Å². The molecular formula is C33H34O8S. The van der Waals surface area contributed by atoms with Crippen molar-refractivity contribution in [2.75, 3.05) is 41.7 Å². The van der Waals surface area contributed by atoms with Crippen LogP contribution in [-0.2, 0) is 9.47 Å². The molecule has 0 amide bonds. The molecule has 5 rings (SSSR count). The topological polar surface area (TPSA) is 81.7 Å². The summed E-state index contributed by atoms with van der Waals surface area (Å²) >= 11 is 1.68. The van der Waals surface area contributed by atoms with Gasteiger partial charge in [-0.15, -0.1) is 11.3 Å². The number of benzene rings is 3. The minimum atomic E-state index is -0.657. The molecule has 1 atom stereocenters. The van der Waals surface area contributed by atoms with Gasteiger partial charge in [0.15, 0.2) is 23.1 Å². The van der Waals surface area contributed by atoms with Crippen LogP contribution in [0.4, 0.5) is 0 Å². The Morgan fingerprint density at radius 3 is 2.24 bits per heavy atom. The van der Waals surface area contributed by atoms with Crippen LogP contribution in [0.2, 0.25) is 0 Å². The number of hydrogen-bond donors (Lipinski definition) is 0. The molecule has 1 unspecified atom stereocenters. The van der Waals surface area contributed by atoms with E-state index in [4.69, 9.17) is 33.2 Å². The third-order valence-corrected chi connectivity index (χ3v) is 8.03. The molecule has 4 aromatic rings. The van der Waals surface area contributed by atoms with Gasteiger partial charge in [-0.3, -0.25) is 4.79 Å². The average Bonchev–Trinajstić information content (AvgIpc) is 3.60. The number of thiophene rings is 1. The molecule has 1 aliphatic rings. The summed E-state index contributed by atoms with van der Waals surface area (Å²) in [6.45, 7) is 4.37. The van der Waals surface area contributed by atoms with Gasteiger partial charge < -0.3 is 33.2 Å². The third-order valence-electron chi connectivity index (χ3n) is 6.88. The largest absolute Gasteiger partial charge is 0.496 e. The second-order valence-electron chi connectivity index (χ2n) is 10.1. The van der Waals surface area contributed by atoms with Crippen LogP contribution in [0.5, 0.6) is 28.7 Å². The van der Waals surface area contributed by atoms with Gasteiger partial charge in [0.1, 0.15) is 24.2 Å². The van der Waals surface area contributed by atoms with Gasteiger partial charge in [-0.25, -0.2) is 0 Å². The van der Waals surface area contributed by atoms with Gasteiger partial charge in [-0.1, -0.05) is 18.2 Å². The summed E-state index contributed by atoms with van der Waals surface area (Å²) in [6, 6.07) is 17.4. The van der Waals surface area contributed by atoms with E-state index in [1.807, 2.05) is 38.1 Å². The zero-order valence-corrected chi connectivity index (χ0v) is 25.3. The first-order valence-electron chi connectivity index (χ1n) is 13.4. The molecule has 42 heavy (non-hydrogen) atoms. The van der Waals surface area contributed by atoms with Crippen molar-refractivity contribution in [3.8, 4) is 39.2 Å². The number of ether oxygens (including phenoxy) is 7. The summed E-state index contributed by atoms with van der Waals surface area (Å²) < 4.78 is 41.1. The van der Waals surface area contributed by atoms with Gasteiger partial charge >= 0.3 is 0 Å². The molecule has 0 bridgehead atoms. The van der Waals surface area contributed by atoms with Gasteiger partial charge in [0.05, 0.1) is 35.0 Å². The Kier molecular flexibility index (Phi) is 8.72. The molecule has 1 fully saturated rings. The molecule has 2 heterocycles. The van der Waals surface area contributed by atoms with E-state index < -0.39 is 5.79 Å². The number of ketones is 1. The van der Waals surface area contributed by atoms with E-state index in [9.17, 15) is 4.79 Å². The molecule has 3 aromatic carbocycles. The lowest BCUT2D eigenvalue weighted by atomic mass is 10.0. The predicted molar refractivity (Wildman–Crippen MR) is 164 cm³/mol. The molecule has 9 heteroatoms. The lowest BCUT2D eigenvalue weighted by Gasteiger charge is -2.19. The Bertz CT molecular complexity index is 1560. The summed E-state index contributed by atoms with van der Waals surface area (Å²) in [4.78, 5) is 14.4. The highest BCUT2D eigenvalue weighted by Crippen LogP contribution is 2.42. The van der Waals surface area contributed by atoms with E-state index in [-0.39, 0.29) is 18.5 Å².